The molecule has 0 bridgehead atoms. The van der Waals surface area contributed by atoms with Gasteiger partial charge < -0.3 is 14.4 Å². The van der Waals surface area contributed by atoms with E-state index in [4.69, 9.17) is 9.05 Å². The van der Waals surface area contributed by atoms with Crippen molar-refractivity contribution >= 4 is 0 Å². The van der Waals surface area contributed by atoms with Crippen molar-refractivity contribution in [2.45, 2.75) is 76.3 Å². The molecule has 2 heterocycles. The monoisotopic (exact) mass is 316 g/mol. The average Bonchev–Trinajstić information content (AvgIpc) is 3.13. The van der Waals surface area contributed by atoms with Crippen LogP contribution in [0.4, 0.5) is 0 Å². The molecule has 2 saturated carbocycles. The topological polar surface area (TPSA) is 77.0 Å². The van der Waals surface area contributed by atoms with Gasteiger partial charge in [0.2, 0.25) is 5.89 Å². The zero-order valence-electron chi connectivity index (χ0n) is 13.6. The van der Waals surface area contributed by atoms with E-state index in [0.29, 0.717) is 17.9 Å². The smallest absolute Gasteiger partial charge is 0.229 e. The van der Waals surface area contributed by atoms with Crippen LogP contribution in [0.3, 0.4) is 0 Å². The maximum Gasteiger partial charge on any atom is 0.229 e. The second-order valence-electron chi connectivity index (χ2n) is 6.83. The molecule has 6 nitrogen and oxygen atoms in total. The van der Waals surface area contributed by atoms with Crippen LogP contribution >= 0.6 is 0 Å². The molecule has 0 saturated heterocycles. The van der Waals surface area contributed by atoms with E-state index in [0.717, 1.165) is 50.4 Å². The minimum Gasteiger partial charge on any atom is -0.364 e. The number of nitrogens with zero attached hydrogens (tertiary/aromatic N) is 3. The summed E-state index contributed by atoms with van der Waals surface area (Å²) in [6.45, 7) is 2.92. The summed E-state index contributed by atoms with van der Waals surface area (Å²) in [5, 5.41) is 11.8. The molecular weight excluding hydrogens is 292 g/mol. The number of aromatic nitrogens is 3. The Morgan fingerprint density at radius 3 is 2.57 bits per heavy atom. The van der Waals surface area contributed by atoms with Gasteiger partial charge in [0, 0.05) is 36.4 Å². The number of rotatable bonds is 6. The van der Waals surface area contributed by atoms with Crippen LogP contribution < -0.4 is 5.32 Å². The maximum atomic E-state index is 5.40. The Kier molecular flexibility index (Phi) is 4.16. The molecule has 0 aromatic carbocycles. The van der Waals surface area contributed by atoms with E-state index in [1.807, 2.05) is 0 Å². The lowest BCUT2D eigenvalue weighted by atomic mass is 9.86. The van der Waals surface area contributed by atoms with E-state index in [9.17, 15) is 0 Å². The summed E-state index contributed by atoms with van der Waals surface area (Å²) in [5.41, 5.74) is 2.41. The average molecular weight is 316 g/mol. The Hall–Kier alpha value is -1.69. The minimum absolute atomic E-state index is 0.429. The number of aryl methyl sites for hydroxylation is 1. The predicted molar refractivity (Wildman–Crippen MR) is 84.0 cm³/mol. The molecule has 124 valence electrons. The van der Waals surface area contributed by atoms with Gasteiger partial charge in [-0.3, -0.25) is 0 Å². The summed E-state index contributed by atoms with van der Waals surface area (Å²) >= 11 is 0. The number of hydrogen-bond donors (Lipinski definition) is 1. The van der Waals surface area contributed by atoms with Crippen molar-refractivity contribution < 1.29 is 9.05 Å². The normalized spacial score (nSPS) is 24.9. The lowest BCUT2D eigenvalue weighted by Gasteiger charge is -2.27. The fourth-order valence-electron chi connectivity index (χ4n) is 3.47. The van der Waals surface area contributed by atoms with Gasteiger partial charge in [0.15, 0.2) is 5.82 Å². The standard InChI is InChI=1S/C17H24N4O2/c1-2-15-19-17(23-20-15)12-5-7-14(8-6-12)18-9-13-10-22-21-16(13)11-3-4-11/h10-12,14,18H,2-9H2,1H3. The van der Waals surface area contributed by atoms with Crippen molar-refractivity contribution in [1.82, 2.24) is 20.6 Å². The lowest BCUT2D eigenvalue weighted by Crippen LogP contribution is -2.32. The summed E-state index contributed by atoms with van der Waals surface area (Å²) in [7, 11) is 0. The summed E-state index contributed by atoms with van der Waals surface area (Å²) in [4.78, 5) is 4.48. The Morgan fingerprint density at radius 1 is 1.09 bits per heavy atom. The first-order valence-corrected chi connectivity index (χ1v) is 8.82. The number of hydrogen-bond acceptors (Lipinski definition) is 6. The van der Waals surface area contributed by atoms with Crippen LogP contribution in [0, 0.1) is 0 Å². The van der Waals surface area contributed by atoms with Crippen LogP contribution in [0.1, 0.15) is 80.3 Å². The molecule has 4 rings (SSSR count). The van der Waals surface area contributed by atoms with Crippen molar-refractivity contribution in [3.8, 4) is 0 Å². The van der Waals surface area contributed by atoms with Gasteiger partial charge >= 0.3 is 0 Å². The van der Waals surface area contributed by atoms with Crippen LogP contribution in [-0.2, 0) is 13.0 Å². The first kappa shape index (κ1) is 14.9. The van der Waals surface area contributed by atoms with Crippen molar-refractivity contribution in [3.05, 3.63) is 29.2 Å². The van der Waals surface area contributed by atoms with Gasteiger partial charge in [-0.25, -0.2) is 0 Å². The zero-order valence-corrected chi connectivity index (χ0v) is 13.6. The highest BCUT2D eigenvalue weighted by molar-refractivity contribution is 5.22. The fourth-order valence-corrected chi connectivity index (χ4v) is 3.47. The Labute approximate surface area is 136 Å². The molecule has 6 heteroatoms. The van der Waals surface area contributed by atoms with Crippen molar-refractivity contribution in [2.75, 3.05) is 0 Å². The minimum atomic E-state index is 0.429. The molecule has 2 aliphatic carbocycles. The molecule has 0 aliphatic heterocycles. The first-order chi connectivity index (χ1) is 11.3. The Balaban J connectivity index is 1.27. The van der Waals surface area contributed by atoms with E-state index in [1.165, 1.54) is 24.1 Å². The van der Waals surface area contributed by atoms with Gasteiger partial charge in [-0.2, -0.15) is 4.98 Å². The Bertz CT molecular complexity index is 639. The second-order valence-corrected chi connectivity index (χ2v) is 6.83. The van der Waals surface area contributed by atoms with Gasteiger partial charge in [-0.15, -0.1) is 0 Å². The van der Waals surface area contributed by atoms with Crippen LogP contribution in [-0.4, -0.2) is 21.3 Å². The fraction of sp³-hybridized carbons (Fsp3) is 0.706. The molecule has 2 aromatic rings. The largest absolute Gasteiger partial charge is 0.364 e. The molecule has 0 unspecified atom stereocenters. The van der Waals surface area contributed by atoms with Crippen LogP contribution in [0.15, 0.2) is 15.3 Å². The first-order valence-electron chi connectivity index (χ1n) is 8.82. The van der Waals surface area contributed by atoms with Crippen molar-refractivity contribution in [1.29, 1.82) is 0 Å². The molecule has 1 N–H and O–H groups in total. The maximum absolute atomic E-state index is 5.40. The molecule has 0 amide bonds. The Morgan fingerprint density at radius 2 is 1.87 bits per heavy atom. The van der Waals surface area contributed by atoms with Gasteiger partial charge in [0.1, 0.15) is 6.26 Å². The SMILES string of the molecule is CCc1noc(C2CCC(NCc3conc3C3CC3)CC2)n1. The molecule has 0 atom stereocenters. The summed E-state index contributed by atoms with van der Waals surface area (Å²) in [5.74, 6) is 2.72. The summed E-state index contributed by atoms with van der Waals surface area (Å²) in [6, 6.07) is 0.557. The summed E-state index contributed by atoms with van der Waals surface area (Å²) in [6.07, 6.45) is 9.68. The highest BCUT2D eigenvalue weighted by Crippen LogP contribution is 2.40. The van der Waals surface area contributed by atoms with E-state index in [2.05, 4.69) is 27.5 Å². The molecule has 0 spiro atoms. The molecule has 2 fully saturated rings. The quantitative estimate of drug-likeness (QED) is 0.881. The second kappa shape index (κ2) is 6.43. The highest BCUT2D eigenvalue weighted by atomic mass is 16.5. The van der Waals surface area contributed by atoms with Gasteiger partial charge in [-0.05, 0) is 38.5 Å². The lowest BCUT2D eigenvalue weighted by molar-refractivity contribution is 0.281. The zero-order chi connectivity index (χ0) is 15.6. The molecule has 23 heavy (non-hydrogen) atoms. The third kappa shape index (κ3) is 3.32. The molecule has 2 aliphatic rings. The van der Waals surface area contributed by atoms with Gasteiger partial charge in [0.05, 0.1) is 5.69 Å². The van der Waals surface area contributed by atoms with E-state index >= 15 is 0 Å². The third-order valence-corrected chi connectivity index (χ3v) is 5.10. The van der Waals surface area contributed by atoms with Gasteiger partial charge in [-0.1, -0.05) is 17.2 Å². The van der Waals surface area contributed by atoms with Crippen LogP contribution in [0.25, 0.3) is 0 Å². The van der Waals surface area contributed by atoms with Crippen LogP contribution in [0.5, 0.6) is 0 Å². The predicted octanol–water partition coefficient (Wildman–Crippen LogP) is 3.31. The molecule has 2 aromatic heterocycles. The van der Waals surface area contributed by atoms with Crippen molar-refractivity contribution in [3.63, 3.8) is 0 Å². The van der Waals surface area contributed by atoms with E-state index in [1.54, 1.807) is 6.26 Å². The molecule has 0 radical (unpaired) electrons. The number of nitrogens with one attached hydrogen (secondary N) is 1. The summed E-state index contributed by atoms with van der Waals surface area (Å²) < 4.78 is 10.6. The molecular formula is C17H24N4O2. The third-order valence-electron chi connectivity index (χ3n) is 5.10. The van der Waals surface area contributed by atoms with Gasteiger partial charge in [0.25, 0.3) is 0 Å². The van der Waals surface area contributed by atoms with Crippen molar-refractivity contribution in [2.24, 2.45) is 0 Å². The highest BCUT2D eigenvalue weighted by Gasteiger charge is 2.30. The van der Waals surface area contributed by atoms with E-state index in [-0.39, 0.29) is 0 Å². The van der Waals surface area contributed by atoms with Crippen LogP contribution in [0.2, 0.25) is 0 Å². The van der Waals surface area contributed by atoms with E-state index < -0.39 is 0 Å².